The van der Waals surface area contributed by atoms with Crippen molar-refractivity contribution in [3.05, 3.63) is 34.9 Å². The predicted molar refractivity (Wildman–Crippen MR) is 79.7 cm³/mol. The molecule has 3 heteroatoms. The molecule has 0 amide bonds. The molecular formula is C16H26N2O. The van der Waals surface area contributed by atoms with Crippen molar-refractivity contribution < 1.29 is 4.74 Å². The molecule has 2 N–H and O–H groups in total. The van der Waals surface area contributed by atoms with Gasteiger partial charge in [-0.25, -0.2) is 0 Å². The Labute approximate surface area is 116 Å². The number of rotatable bonds is 4. The number of likely N-dealkylation sites (N-methyl/N-ethyl adjacent to an activating group) is 1. The Morgan fingerprint density at radius 2 is 2.16 bits per heavy atom. The van der Waals surface area contributed by atoms with Gasteiger partial charge in [-0.1, -0.05) is 32.0 Å². The quantitative estimate of drug-likeness (QED) is 0.874. The molecule has 1 aromatic carbocycles. The van der Waals surface area contributed by atoms with E-state index in [0.29, 0.717) is 18.0 Å². The predicted octanol–water partition coefficient (Wildman–Crippen LogP) is 2.37. The minimum atomic E-state index is 0.305. The van der Waals surface area contributed by atoms with Crippen molar-refractivity contribution in [3.8, 4) is 0 Å². The SMILES string of the molecule is CNC(c1cc(C(C)C)ccc1C)C1COCCN1. The van der Waals surface area contributed by atoms with Crippen LogP contribution in [0.5, 0.6) is 0 Å². The summed E-state index contributed by atoms with van der Waals surface area (Å²) in [4.78, 5) is 0. The van der Waals surface area contributed by atoms with Gasteiger partial charge in [0.25, 0.3) is 0 Å². The standard InChI is InChI=1S/C16H26N2O/c1-11(2)13-6-5-12(3)14(9-13)16(17-4)15-10-19-8-7-18-15/h5-6,9,11,15-18H,7-8,10H2,1-4H3. The Hall–Kier alpha value is -0.900. The third kappa shape index (κ3) is 3.35. The van der Waals surface area contributed by atoms with Gasteiger partial charge in [0.1, 0.15) is 0 Å². The largest absolute Gasteiger partial charge is 0.378 e. The molecule has 0 aliphatic carbocycles. The van der Waals surface area contributed by atoms with Gasteiger partial charge >= 0.3 is 0 Å². The van der Waals surface area contributed by atoms with E-state index in [0.717, 1.165) is 19.8 Å². The first-order valence-corrected chi connectivity index (χ1v) is 7.22. The van der Waals surface area contributed by atoms with Crippen molar-refractivity contribution in [1.29, 1.82) is 0 Å². The summed E-state index contributed by atoms with van der Waals surface area (Å²) in [6.45, 7) is 9.20. The molecule has 1 saturated heterocycles. The van der Waals surface area contributed by atoms with Crippen LogP contribution in [0.4, 0.5) is 0 Å². The number of ether oxygens (including phenoxy) is 1. The fourth-order valence-corrected chi connectivity index (χ4v) is 2.73. The molecule has 0 bridgehead atoms. The van der Waals surface area contributed by atoms with Crippen LogP contribution in [0.3, 0.4) is 0 Å². The molecule has 1 fully saturated rings. The van der Waals surface area contributed by atoms with Crippen LogP contribution in [0.15, 0.2) is 18.2 Å². The summed E-state index contributed by atoms with van der Waals surface area (Å²) in [5.74, 6) is 0.562. The Bertz CT molecular complexity index is 411. The molecule has 1 aliphatic heterocycles. The van der Waals surface area contributed by atoms with Crippen molar-refractivity contribution in [3.63, 3.8) is 0 Å². The first-order valence-electron chi connectivity index (χ1n) is 7.22. The van der Waals surface area contributed by atoms with Crippen molar-refractivity contribution in [2.45, 2.75) is 38.8 Å². The number of aryl methyl sites for hydroxylation is 1. The van der Waals surface area contributed by atoms with Crippen LogP contribution < -0.4 is 10.6 Å². The maximum Gasteiger partial charge on any atom is 0.0638 e. The molecule has 1 aromatic rings. The highest BCUT2D eigenvalue weighted by Crippen LogP contribution is 2.26. The van der Waals surface area contributed by atoms with E-state index >= 15 is 0 Å². The van der Waals surface area contributed by atoms with E-state index in [4.69, 9.17) is 4.74 Å². The highest BCUT2D eigenvalue weighted by molar-refractivity contribution is 5.35. The summed E-state index contributed by atoms with van der Waals surface area (Å²) in [5, 5.41) is 7.01. The molecule has 3 nitrogen and oxygen atoms in total. The minimum Gasteiger partial charge on any atom is -0.378 e. The lowest BCUT2D eigenvalue weighted by Crippen LogP contribution is -2.48. The normalized spacial score (nSPS) is 21.6. The van der Waals surface area contributed by atoms with Crippen LogP contribution >= 0.6 is 0 Å². The summed E-state index contributed by atoms with van der Waals surface area (Å²) < 4.78 is 5.60. The average Bonchev–Trinajstić information content (AvgIpc) is 2.42. The van der Waals surface area contributed by atoms with Gasteiger partial charge in [-0.05, 0) is 36.6 Å². The molecule has 0 aromatic heterocycles. The maximum atomic E-state index is 5.60. The number of morpholine rings is 1. The monoisotopic (exact) mass is 262 g/mol. The number of hydrogen-bond donors (Lipinski definition) is 2. The Balaban J connectivity index is 2.28. The lowest BCUT2D eigenvalue weighted by atomic mass is 9.91. The van der Waals surface area contributed by atoms with Crippen molar-refractivity contribution >= 4 is 0 Å². The second kappa shape index (κ2) is 6.51. The highest BCUT2D eigenvalue weighted by atomic mass is 16.5. The van der Waals surface area contributed by atoms with E-state index in [1.165, 1.54) is 16.7 Å². The summed E-state index contributed by atoms with van der Waals surface area (Å²) in [6, 6.07) is 7.47. The Kier molecular flexibility index (Phi) is 4.97. The van der Waals surface area contributed by atoms with Gasteiger partial charge in [-0.2, -0.15) is 0 Å². The van der Waals surface area contributed by atoms with E-state index in [9.17, 15) is 0 Å². The van der Waals surface area contributed by atoms with Gasteiger partial charge in [0, 0.05) is 12.6 Å². The Morgan fingerprint density at radius 3 is 2.74 bits per heavy atom. The van der Waals surface area contributed by atoms with Crippen LogP contribution in [-0.2, 0) is 4.74 Å². The van der Waals surface area contributed by atoms with E-state index in [-0.39, 0.29) is 0 Å². The molecule has 2 atom stereocenters. The van der Waals surface area contributed by atoms with Crippen molar-refractivity contribution in [2.24, 2.45) is 0 Å². The molecule has 106 valence electrons. The molecule has 19 heavy (non-hydrogen) atoms. The van der Waals surface area contributed by atoms with Gasteiger partial charge in [0.05, 0.1) is 19.3 Å². The Morgan fingerprint density at radius 1 is 1.37 bits per heavy atom. The zero-order valence-corrected chi connectivity index (χ0v) is 12.5. The zero-order valence-electron chi connectivity index (χ0n) is 12.5. The number of benzene rings is 1. The van der Waals surface area contributed by atoms with Gasteiger partial charge in [-0.3, -0.25) is 0 Å². The van der Waals surface area contributed by atoms with Crippen LogP contribution in [0.25, 0.3) is 0 Å². The fraction of sp³-hybridized carbons (Fsp3) is 0.625. The first kappa shape index (κ1) is 14.5. The summed E-state index contributed by atoms with van der Waals surface area (Å²) in [6.07, 6.45) is 0. The number of hydrogen-bond acceptors (Lipinski definition) is 3. The topological polar surface area (TPSA) is 33.3 Å². The smallest absolute Gasteiger partial charge is 0.0638 e. The van der Waals surface area contributed by atoms with E-state index in [2.05, 4.69) is 49.6 Å². The van der Waals surface area contributed by atoms with E-state index < -0.39 is 0 Å². The van der Waals surface area contributed by atoms with Crippen molar-refractivity contribution in [2.75, 3.05) is 26.8 Å². The van der Waals surface area contributed by atoms with Crippen molar-refractivity contribution in [1.82, 2.24) is 10.6 Å². The van der Waals surface area contributed by atoms with Gasteiger partial charge in [0.15, 0.2) is 0 Å². The second-order valence-corrected chi connectivity index (χ2v) is 5.67. The van der Waals surface area contributed by atoms with E-state index in [1.54, 1.807) is 0 Å². The molecule has 2 unspecified atom stereocenters. The van der Waals surface area contributed by atoms with Crippen LogP contribution in [0.2, 0.25) is 0 Å². The zero-order chi connectivity index (χ0) is 13.8. The second-order valence-electron chi connectivity index (χ2n) is 5.67. The average molecular weight is 262 g/mol. The van der Waals surface area contributed by atoms with Crippen LogP contribution in [0.1, 0.15) is 42.5 Å². The molecule has 2 rings (SSSR count). The van der Waals surface area contributed by atoms with Crippen LogP contribution in [-0.4, -0.2) is 32.8 Å². The molecular weight excluding hydrogens is 236 g/mol. The summed E-state index contributed by atoms with van der Waals surface area (Å²) in [5.41, 5.74) is 4.13. The fourth-order valence-electron chi connectivity index (χ4n) is 2.73. The van der Waals surface area contributed by atoms with Crippen LogP contribution in [0, 0.1) is 6.92 Å². The molecule has 1 heterocycles. The lowest BCUT2D eigenvalue weighted by molar-refractivity contribution is 0.0645. The third-order valence-electron chi connectivity index (χ3n) is 3.97. The van der Waals surface area contributed by atoms with Gasteiger partial charge in [0.2, 0.25) is 0 Å². The molecule has 0 radical (unpaired) electrons. The minimum absolute atomic E-state index is 0.305. The molecule has 1 aliphatic rings. The molecule has 0 spiro atoms. The third-order valence-corrected chi connectivity index (χ3v) is 3.97. The summed E-state index contributed by atoms with van der Waals surface area (Å²) >= 11 is 0. The maximum absolute atomic E-state index is 5.60. The van der Waals surface area contributed by atoms with Gasteiger partial charge < -0.3 is 15.4 Å². The first-order chi connectivity index (χ1) is 9.13. The summed E-state index contributed by atoms with van der Waals surface area (Å²) in [7, 11) is 2.03. The molecule has 0 saturated carbocycles. The lowest BCUT2D eigenvalue weighted by Gasteiger charge is -2.32. The highest BCUT2D eigenvalue weighted by Gasteiger charge is 2.25. The number of nitrogens with one attached hydrogen (secondary N) is 2. The van der Waals surface area contributed by atoms with E-state index in [1.807, 2.05) is 7.05 Å². The van der Waals surface area contributed by atoms with Gasteiger partial charge in [-0.15, -0.1) is 0 Å².